The second-order valence-corrected chi connectivity index (χ2v) is 10.1. The summed E-state index contributed by atoms with van der Waals surface area (Å²) in [6, 6.07) is 6.94. The van der Waals surface area contributed by atoms with Crippen LogP contribution in [0.3, 0.4) is 0 Å². The van der Waals surface area contributed by atoms with Gasteiger partial charge in [0.1, 0.15) is 0 Å². The van der Waals surface area contributed by atoms with Crippen LogP contribution in [0.4, 0.5) is 10.5 Å². The number of benzene rings is 1. The quantitative estimate of drug-likeness (QED) is 0.710. The van der Waals surface area contributed by atoms with E-state index in [1.165, 1.54) is 5.56 Å². The summed E-state index contributed by atoms with van der Waals surface area (Å²) in [5.74, 6) is 0.458. The van der Waals surface area contributed by atoms with Crippen LogP contribution in [-0.4, -0.2) is 57.3 Å². The second-order valence-electron chi connectivity index (χ2n) is 8.32. The maximum atomic E-state index is 12.7. The molecule has 0 saturated carbocycles. The number of aromatic nitrogens is 1. The zero-order valence-corrected chi connectivity index (χ0v) is 18.7. The monoisotopic (exact) mass is 444 g/mol. The van der Waals surface area contributed by atoms with Crippen LogP contribution < -0.4 is 14.8 Å². The Morgan fingerprint density at radius 2 is 2.13 bits per heavy atom. The highest BCUT2D eigenvalue weighted by Crippen LogP contribution is 2.38. The molecule has 8 nitrogen and oxygen atoms in total. The number of nitrogens with one attached hydrogen (secondary N) is 2. The number of sulfonamides is 1. The van der Waals surface area contributed by atoms with Crippen molar-refractivity contribution in [3.63, 3.8) is 0 Å². The molecule has 0 bridgehead atoms. The van der Waals surface area contributed by atoms with Crippen molar-refractivity contribution in [3.8, 4) is 17.0 Å². The van der Waals surface area contributed by atoms with Crippen LogP contribution in [-0.2, 0) is 22.9 Å². The Balaban J connectivity index is 1.57. The molecule has 1 unspecified atom stereocenters. The lowest BCUT2D eigenvalue weighted by Crippen LogP contribution is -2.38. The Hall–Kier alpha value is -2.65. The van der Waals surface area contributed by atoms with Gasteiger partial charge in [-0.25, -0.2) is 22.9 Å². The Labute approximate surface area is 183 Å². The molecule has 1 fully saturated rings. The molecule has 2 aliphatic rings. The molecule has 2 aromatic rings. The van der Waals surface area contributed by atoms with Crippen LogP contribution in [0.5, 0.6) is 5.88 Å². The Bertz CT molecular complexity index is 1090. The number of urea groups is 1. The Morgan fingerprint density at radius 1 is 1.29 bits per heavy atom. The lowest BCUT2D eigenvalue weighted by molar-refractivity contribution is 0.256. The van der Waals surface area contributed by atoms with E-state index in [1.807, 2.05) is 19.2 Å². The summed E-state index contributed by atoms with van der Waals surface area (Å²) in [4.78, 5) is 19.0. The first-order chi connectivity index (χ1) is 14.8. The lowest BCUT2D eigenvalue weighted by Gasteiger charge is -2.17. The topological polar surface area (TPSA) is 101 Å². The van der Waals surface area contributed by atoms with E-state index in [0.717, 1.165) is 55.5 Å². The molecule has 2 N–H and O–H groups in total. The van der Waals surface area contributed by atoms with Gasteiger partial charge >= 0.3 is 6.03 Å². The van der Waals surface area contributed by atoms with Gasteiger partial charge in [0.05, 0.1) is 18.6 Å². The number of fused-ring (bicyclic) bond motifs is 1. The summed E-state index contributed by atoms with van der Waals surface area (Å²) in [5.41, 5.74) is 4.53. The van der Waals surface area contributed by atoms with Gasteiger partial charge in [0.25, 0.3) is 0 Å². The van der Waals surface area contributed by atoms with Crippen LogP contribution >= 0.6 is 0 Å². The third-order valence-corrected chi connectivity index (χ3v) is 7.38. The van der Waals surface area contributed by atoms with Gasteiger partial charge in [0.15, 0.2) is 0 Å². The molecule has 166 valence electrons. The number of likely N-dealkylation sites (tertiary alicyclic amines) is 1. The molecule has 2 heterocycles. The summed E-state index contributed by atoms with van der Waals surface area (Å²) >= 11 is 0. The van der Waals surface area contributed by atoms with Crippen LogP contribution in [0.1, 0.15) is 24.0 Å². The van der Waals surface area contributed by atoms with E-state index in [2.05, 4.69) is 26.0 Å². The molecule has 1 saturated heterocycles. The van der Waals surface area contributed by atoms with E-state index < -0.39 is 16.1 Å². The first-order valence-electron chi connectivity index (χ1n) is 10.5. The standard InChI is InChI=1S/C22H28N4O4S/c1-26-11-9-15(13-26)14-31(28,29)25-22(27)24-21-18-5-3-4-16(18)6-7-19(21)17-8-10-23-20(12-17)30-2/h6-8,10,12,15H,3-5,9,11,13-14H2,1-2H3,(H2,24,25,27). The number of nitrogens with zero attached hydrogens (tertiary/aromatic N) is 2. The van der Waals surface area contributed by atoms with E-state index in [9.17, 15) is 13.2 Å². The van der Waals surface area contributed by atoms with Gasteiger partial charge < -0.3 is 15.0 Å². The molecule has 9 heteroatoms. The van der Waals surface area contributed by atoms with Gasteiger partial charge in [-0.05, 0) is 68.0 Å². The molecular formula is C22H28N4O4S. The van der Waals surface area contributed by atoms with E-state index in [1.54, 1.807) is 19.4 Å². The van der Waals surface area contributed by atoms with Crippen molar-refractivity contribution >= 4 is 21.7 Å². The lowest BCUT2D eigenvalue weighted by atomic mass is 9.98. The van der Waals surface area contributed by atoms with Crippen molar-refractivity contribution in [1.29, 1.82) is 0 Å². The fraction of sp³-hybridized carbons (Fsp3) is 0.455. The Kier molecular flexibility index (Phi) is 6.15. The van der Waals surface area contributed by atoms with Crippen molar-refractivity contribution < 1.29 is 17.9 Å². The number of methoxy groups -OCH3 is 1. The predicted molar refractivity (Wildman–Crippen MR) is 120 cm³/mol. The van der Waals surface area contributed by atoms with Crippen LogP contribution in [0.15, 0.2) is 30.5 Å². The average Bonchev–Trinajstić information content (AvgIpc) is 3.36. The van der Waals surface area contributed by atoms with Gasteiger partial charge in [-0.15, -0.1) is 0 Å². The van der Waals surface area contributed by atoms with E-state index >= 15 is 0 Å². The number of rotatable bonds is 6. The molecule has 0 spiro atoms. The zero-order valence-electron chi connectivity index (χ0n) is 17.8. The van der Waals surface area contributed by atoms with Crippen molar-refractivity contribution in [2.75, 3.05) is 38.3 Å². The summed E-state index contributed by atoms with van der Waals surface area (Å²) in [6.07, 6.45) is 5.25. The molecule has 0 radical (unpaired) electrons. The number of hydrogen-bond acceptors (Lipinski definition) is 6. The van der Waals surface area contributed by atoms with Crippen LogP contribution in [0, 0.1) is 5.92 Å². The number of amides is 2. The normalized spacial score (nSPS) is 18.6. The highest BCUT2D eigenvalue weighted by Gasteiger charge is 2.27. The van der Waals surface area contributed by atoms with Gasteiger partial charge in [-0.2, -0.15) is 0 Å². The minimum atomic E-state index is -3.73. The molecule has 1 aliphatic carbocycles. The SMILES string of the molecule is COc1cc(-c2ccc3c(c2NC(=O)NS(=O)(=O)CC2CCN(C)C2)CCC3)ccn1. The van der Waals surface area contributed by atoms with Gasteiger partial charge in [0.2, 0.25) is 15.9 Å². The summed E-state index contributed by atoms with van der Waals surface area (Å²) < 4.78 is 32.5. The third kappa shape index (κ3) is 4.99. The maximum absolute atomic E-state index is 12.7. The maximum Gasteiger partial charge on any atom is 0.332 e. The average molecular weight is 445 g/mol. The number of anilines is 1. The van der Waals surface area contributed by atoms with Gasteiger partial charge in [-0.1, -0.05) is 12.1 Å². The smallest absolute Gasteiger partial charge is 0.332 e. The summed E-state index contributed by atoms with van der Waals surface area (Å²) in [7, 11) is -0.208. The number of carbonyl (C=O) groups excluding carboxylic acids is 1. The van der Waals surface area contributed by atoms with Gasteiger partial charge in [-0.3, -0.25) is 0 Å². The molecule has 1 aromatic heterocycles. The van der Waals surface area contributed by atoms with Crippen molar-refractivity contribution in [2.24, 2.45) is 5.92 Å². The molecular weight excluding hydrogens is 416 g/mol. The molecule has 4 rings (SSSR count). The number of ether oxygens (including phenoxy) is 1. The van der Waals surface area contributed by atoms with Crippen LogP contribution in [0.2, 0.25) is 0 Å². The third-order valence-electron chi connectivity index (χ3n) is 5.97. The first-order valence-corrected chi connectivity index (χ1v) is 12.1. The summed E-state index contributed by atoms with van der Waals surface area (Å²) in [6.45, 7) is 1.60. The fourth-order valence-electron chi connectivity index (χ4n) is 4.53. The zero-order chi connectivity index (χ0) is 22.0. The van der Waals surface area contributed by atoms with Crippen molar-refractivity contribution in [3.05, 3.63) is 41.6 Å². The minimum Gasteiger partial charge on any atom is -0.481 e. The highest BCUT2D eigenvalue weighted by molar-refractivity contribution is 7.90. The van der Waals surface area contributed by atoms with Crippen molar-refractivity contribution in [1.82, 2.24) is 14.6 Å². The van der Waals surface area contributed by atoms with E-state index in [-0.39, 0.29) is 11.7 Å². The second kappa shape index (κ2) is 8.84. The largest absolute Gasteiger partial charge is 0.481 e. The highest BCUT2D eigenvalue weighted by atomic mass is 32.2. The summed E-state index contributed by atoms with van der Waals surface area (Å²) in [5, 5.41) is 2.84. The molecule has 31 heavy (non-hydrogen) atoms. The molecule has 1 aliphatic heterocycles. The fourth-order valence-corrected chi connectivity index (χ4v) is 5.84. The number of pyridine rings is 1. The predicted octanol–water partition coefficient (Wildman–Crippen LogP) is 2.65. The number of hydrogen-bond donors (Lipinski definition) is 2. The molecule has 2 amide bonds. The molecule has 1 aromatic carbocycles. The van der Waals surface area contributed by atoms with E-state index in [0.29, 0.717) is 11.6 Å². The molecule has 1 atom stereocenters. The minimum absolute atomic E-state index is 0.0381. The van der Waals surface area contributed by atoms with Gasteiger partial charge in [0, 0.05) is 24.4 Å². The van der Waals surface area contributed by atoms with Crippen molar-refractivity contribution in [2.45, 2.75) is 25.7 Å². The first kappa shape index (κ1) is 21.6. The number of aryl methyl sites for hydroxylation is 1. The Morgan fingerprint density at radius 3 is 2.87 bits per heavy atom. The van der Waals surface area contributed by atoms with E-state index in [4.69, 9.17) is 4.74 Å². The number of carbonyl (C=O) groups is 1. The van der Waals surface area contributed by atoms with Crippen LogP contribution in [0.25, 0.3) is 11.1 Å².